The van der Waals surface area contributed by atoms with Gasteiger partial charge in [-0.3, -0.25) is 19.9 Å². The molecule has 0 unspecified atom stereocenters. The Morgan fingerprint density at radius 2 is 1.33 bits per heavy atom. The first-order chi connectivity index (χ1) is 8.29. The van der Waals surface area contributed by atoms with Crippen molar-refractivity contribution in [2.24, 2.45) is 0 Å². The van der Waals surface area contributed by atoms with E-state index in [9.17, 15) is 9.59 Å². The van der Waals surface area contributed by atoms with Crippen molar-refractivity contribution >= 4 is 11.8 Å². The van der Waals surface area contributed by atoms with Crippen molar-refractivity contribution in [2.45, 2.75) is 0 Å². The van der Waals surface area contributed by atoms with Gasteiger partial charge in [-0.1, -0.05) is 18.2 Å². The van der Waals surface area contributed by atoms with Crippen molar-refractivity contribution in [1.82, 2.24) is 10.3 Å². The van der Waals surface area contributed by atoms with Gasteiger partial charge >= 0.3 is 51.4 Å². The van der Waals surface area contributed by atoms with E-state index in [1.807, 2.05) is 18.2 Å². The molecule has 0 aliphatic carbocycles. The number of pyridine rings is 1. The van der Waals surface area contributed by atoms with E-state index >= 15 is 0 Å². The van der Waals surface area contributed by atoms with Gasteiger partial charge in [0.15, 0.2) is 0 Å². The van der Waals surface area contributed by atoms with Crippen LogP contribution in [0.15, 0.2) is 54.9 Å². The zero-order chi connectivity index (χ0) is 12.1. The molecule has 4 nitrogen and oxygen atoms in total. The van der Waals surface area contributed by atoms with Crippen molar-refractivity contribution in [3.8, 4) is 0 Å². The minimum Gasteiger partial charge on any atom is -1.00 e. The zero-order valence-electron chi connectivity index (χ0n) is 11.0. The number of hydrogen-bond donors (Lipinski definition) is 1. The van der Waals surface area contributed by atoms with Gasteiger partial charge in [-0.2, -0.15) is 0 Å². The van der Waals surface area contributed by atoms with Gasteiger partial charge in [-0.25, -0.2) is 0 Å². The van der Waals surface area contributed by atoms with E-state index in [1.54, 1.807) is 36.7 Å². The molecule has 2 amide bonds. The van der Waals surface area contributed by atoms with Crippen molar-refractivity contribution in [3.63, 3.8) is 0 Å². The molecule has 18 heavy (non-hydrogen) atoms. The summed E-state index contributed by atoms with van der Waals surface area (Å²) in [7, 11) is 0. The summed E-state index contributed by atoms with van der Waals surface area (Å²) < 4.78 is 0. The predicted octanol–water partition coefficient (Wildman–Crippen LogP) is -1.23. The Hall–Kier alpha value is -0.854. The summed E-state index contributed by atoms with van der Waals surface area (Å²) in [5.41, 5.74) is 0.940. The van der Waals surface area contributed by atoms with Gasteiger partial charge in [0.25, 0.3) is 11.8 Å². The Morgan fingerprint density at radius 3 is 1.67 bits per heavy atom. The summed E-state index contributed by atoms with van der Waals surface area (Å²) >= 11 is 0. The number of rotatable bonds is 0. The van der Waals surface area contributed by atoms with Crippen molar-refractivity contribution in [1.29, 1.82) is 0 Å². The van der Waals surface area contributed by atoms with Crippen LogP contribution in [-0.4, -0.2) is 16.8 Å². The molecule has 86 valence electrons. The van der Waals surface area contributed by atoms with Crippen molar-refractivity contribution in [2.75, 3.05) is 0 Å². The van der Waals surface area contributed by atoms with Crippen LogP contribution in [-0.2, 0) is 0 Å². The molecule has 1 aliphatic rings. The first kappa shape index (κ1) is 15.2. The molecular formula is C13H11KN2O2. The molecular weight excluding hydrogens is 255 g/mol. The Labute approximate surface area is 149 Å². The number of benzene rings is 1. The number of hydrogen-bond acceptors (Lipinski definition) is 3. The number of amides is 2. The van der Waals surface area contributed by atoms with Gasteiger partial charge in [0.1, 0.15) is 0 Å². The van der Waals surface area contributed by atoms with E-state index in [2.05, 4.69) is 10.3 Å². The van der Waals surface area contributed by atoms with Crippen LogP contribution in [0.5, 0.6) is 0 Å². The molecule has 3 rings (SSSR count). The Kier molecular flexibility index (Phi) is 6.38. The number of carbonyl (C=O) groups excluding carboxylic acids is 2. The summed E-state index contributed by atoms with van der Waals surface area (Å²) in [6.07, 6.45) is 3.50. The van der Waals surface area contributed by atoms with E-state index in [-0.39, 0.29) is 64.6 Å². The smallest absolute Gasteiger partial charge is 1.00 e. The number of carbonyl (C=O) groups is 2. The Balaban J connectivity index is 0.000000353. The molecule has 0 bridgehead atoms. The molecule has 0 fully saturated rings. The molecule has 1 aromatic carbocycles. The van der Waals surface area contributed by atoms with Gasteiger partial charge in [-0.05, 0) is 24.3 Å². The number of nitrogens with zero attached hydrogens (tertiary/aromatic N) is 1. The van der Waals surface area contributed by atoms with Crippen LogP contribution in [0.4, 0.5) is 0 Å². The molecule has 0 atom stereocenters. The first-order valence-corrected chi connectivity index (χ1v) is 5.09. The molecule has 2 aromatic rings. The van der Waals surface area contributed by atoms with Crippen LogP contribution < -0.4 is 56.7 Å². The number of aromatic nitrogens is 1. The molecule has 0 saturated carbocycles. The van der Waals surface area contributed by atoms with Crippen molar-refractivity contribution in [3.05, 3.63) is 66.0 Å². The topological polar surface area (TPSA) is 59.1 Å². The van der Waals surface area contributed by atoms with Gasteiger partial charge < -0.3 is 1.43 Å². The van der Waals surface area contributed by atoms with E-state index in [0.717, 1.165) is 0 Å². The quantitative estimate of drug-likeness (QED) is 0.480. The maximum absolute atomic E-state index is 10.9. The van der Waals surface area contributed by atoms with E-state index in [1.165, 1.54) is 0 Å². The van der Waals surface area contributed by atoms with E-state index in [4.69, 9.17) is 0 Å². The third-order valence-corrected chi connectivity index (χ3v) is 2.21. The zero-order valence-corrected chi connectivity index (χ0v) is 13.1. The second-order valence-electron chi connectivity index (χ2n) is 3.35. The fourth-order valence-corrected chi connectivity index (χ4v) is 1.43. The molecule has 5 heteroatoms. The van der Waals surface area contributed by atoms with Crippen LogP contribution in [0.1, 0.15) is 22.1 Å². The van der Waals surface area contributed by atoms with Crippen LogP contribution >= 0.6 is 0 Å². The molecule has 0 radical (unpaired) electrons. The number of nitrogens with one attached hydrogen (secondary N) is 1. The Morgan fingerprint density at radius 1 is 0.833 bits per heavy atom. The molecule has 0 saturated heterocycles. The fraction of sp³-hybridized carbons (Fsp3) is 0. The second-order valence-corrected chi connectivity index (χ2v) is 3.35. The minimum atomic E-state index is -0.300. The summed E-state index contributed by atoms with van der Waals surface area (Å²) in [5, 5.41) is 2.20. The summed E-state index contributed by atoms with van der Waals surface area (Å²) in [6.45, 7) is 0. The minimum absolute atomic E-state index is 0. The largest absolute Gasteiger partial charge is 1.00 e. The predicted molar refractivity (Wildman–Crippen MR) is 63.6 cm³/mol. The SMILES string of the molecule is O=C1NC(=O)c2ccccc21.[H-].[K+].c1ccncc1. The summed E-state index contributed by atoms with van der Waals surface area (Å²) in [4.78, 5) is 25.7. The molecule has 1 aliphatic heterocycles. The maximum Gasteiger partial charge on any atom is 1.00 e. The second kappa shape index (κ2) is 7.55. The standard InChI is InChI=1S/C8H5NO2.C5H5N.K.H/c10-7-5-3-1-2-4-6(5)8(11)9-7;1-2-4-6-5-3-1;;/h1-4H,(H,9,10,11);1-5H;;/q;;+1;-1. The van der Waals surface area contributed by atoms with Crippen LogP contribution in [0.25, 0.3) is 0 Å². The molecule has 1 N–H and O–H groups in total. The normalized spacial score (nSPS) is 11.6. The van der Waals surface area contributed by atoms with Crippen LogP contribution in [0, 0.1) is 0 Å². The third-order valence-electron chi connectivity index (χ3n) is 2.21. The molecule has 0 spiro atoms. The van der Waals surface area contributed by atoms with E-state index in [0.29, 0.717) is 11.1 Å². The van der Waals surface area contributed by atoms with Gasteiger partial charge in [0.2, 0.25) is 0 Å². The Bertz CT molecular complexity index is 490. The van der Waals surface area contributed by atoms with Gasteiger partial charge in [-0.15, -0.1) is 0 Å². The average molecular weight is 266 g/mol. The van der Waals surface area contributed by atoms with Crippen LogP contribution in [0.2, 0.25) is 0 Å². The third kappa shape index (κ3) is 3.83. The number of fused-ring (bicyclic) bond motifs is 1. The fourth-order valence-electron chi connectivity index (χ4n) is 1.43. The average Bonchev–Trinajstić information content (AvgIpc) is 2.69. The monoisotopic (exact) mass is 266 g/mol. The summed E-state index contributed by atoms with van der Waals surface area (Å²) in [5.74, 6) is -0.601. The number of imide groups is 1. The maximum atomic E-state index is 10.9. The van der Waals surface area contributed by atoms with Crippen molar-refractivity contribution < 1.29 is 62.4 Å². The first-order valence-electron chi connectivity index (χ1n) is 5.09. The molecule has 2 heterocycles. The van der Waals surface area contributed by atoms with Gasteiger partial charge in [0, 0.05) is 12.4 Å². The summed E-state index contributed by atoms with van der Waals surface area (Å²) in [6, 6.07) is 12.5. The van der Waals surface area contributed by atoms with Crippen LogP contribution in [0.3, 0.4) is 0 Å². The van der Waals surface area contributed by atoms with E-state index < -0.39 is 0 Å². The molecule has 1 aromatic heterocycles. The van der Waals surface area contributed by atoms with Gasteiger partial charge in [0.05, 0.1) is 11.1 Å².